The molecule has 0 fully saturated rings. The molecule has 2 heterocycles. The number of anilines is 1. The van der Waals surface area contributed by atoms with Crippen LogP contribution in [0, 0.1) is 19.7 Å². The van der Waals surface area contributed by atoms with E-state index in [1.807, 2.05) is 35.1 Å². The minimum Gasteiger partial charge on any atom is -0.301 e. The first-order chi connectivity index (χ1) is 15.0. The molecule has 0 radical (unpaired) electrons. The van der Waals surface area contributed by atoms with Crippen molar-refractivity contribution in [2.24, 2.45) is 0 Å². The number of para-hydroxylation sites is 1. The Morgan fingerprint density at radius 2 is 1.77 bits per heavy atom. The van der Waals surface area contributed by atoms with Crippen molar-refractivity contribution in [2.45, 2.75) is 26.8 Å². The van der Waals surface area contributed by atoms with Crippen LogP contribution in [0.3, 0.4) is 0 Å². The van der Waals surface area contributed by atoms with E-state index >= 15 is 0 Å². The van der Waals surface area contributed by atoms with Gasteiger partial charge >= 0.3 is 0 Å². The number of rotatable bonds is 4. The smallest absolute Gasteiger partial charge is 0.259 e. The minimum absolute atomic E-state index is 0.140. The highest BCUT2D eigenvalue weighted by molar-refractivity contribution is 6.10. The third kappa shape index (κ3) is 3.32. The van der Waals surface area contributed by atoms with Gasteiger partial charge in [0.05, 0.1) is 17.9 Å². The number of carbonyl (C=O) groups is 1. The van der Waals surface area contributed by atoms with E-state index in [9.17, 15) is 9.18 Å². The van der Waals surface area contributed by atoms with Crippen LogP contribution in [-0.2, 0) is 13.0 Å². The lowest BCUT2D eigenvalue weighted by molar-refractivity contribution is 0.0995. The largest absolute Gasteiger partial charge is 0.301 e. The topological polar surface area (TPSA) is 38.1 Å². The van der Waals surface area contributed by atoms with Crippen molar-refractivity contribution in [1.82, 2.24) is 9.78 Å². The summed E-state index contributed by atoms with van der Waals surface area (Å²) in [5.41, 5.74) is 7.56. The van der Waals surface area contributed by atoms with Gasteiger partial charge in [-0.05, 0) is 84.5 Å². The molecule has 1 aliphatic rings. The second-order valence-corrected chi connectivity index (χ2v) is 7.95. The lowest BCUT2D eigenvalue weighted by atomic mass is 9.91. The second kappa shape index (κ2) is 7.51. The number of nitrogens with zero attached hydrogens (tertiary/aromatic N) is 3. The van der Waals surface area contributed by atoms with E-state index in [1.54, 1.807) is 24.4 Å². The molecule has 0 unspecified atom stereocenters. The third-order valence-corrected chi connectivity index (χ3v) is 6.18. The van der Waals surface area contributed by atoms with E-state index in [1.165, 1.54) is 16.5 Å². The van der Waals surface area contributed by atoms with Crippen LogP contribution in [0.1, 0.15) is 38.2 Å². The van der Waals surface area contributed by atoms with Crippen molar-refractivity contribution in [3.63, 3.8) is 0 Å². The first-order valence-electron chi connectivity index (χ1n) is 10.3. The van der Waals surface area contributed by atoms with Gasteiger partial charge < -0.3 is 4.90 Å². The van der Waals surface area contributed by atoms with Crippen LogP contribution in [0.5, 0.6) is 0 Å². The Morgan fingerprint density at radius 3 is 2.48 bits per heavy atom. The molecule has 0 spiro atoms. The van der Waals surface area contributed by atoms with Crippen molar-refractivity contribution in [2.75, 3.05) is 4.90 Å². The monoisotopic (exact) mass is 411 g/mol. The van der Waals surface area contributed by atoms with Crippen molar-refractivity contribution in [1.29, 1.82) is 0 Å². The number of hydrogen-bond acceptors (Lipinski definition) is 2. The Kier molecular flexibility index (Phi) is 4.66. The third-order valence-electron chi connectivity index (χ3n) is 6.18. The number of halogens is 1. The molecular formula is C26H22FN3O. The molecule has 0 aliphatic carbocycles. The van der Waals surface area contributed by atoms with Gasteiger partial charge in [0.15, 0.2) is 0 Å². The predicted molar refractivity (Wildman–Crippen MR) is 119 cm³/mol. The van der Waals surface area contributed by atoms with Crippen molar-refractivity contribution in [3.05, 3.63) is 112 Å². The summed E-state index contributed by atoms with van der Waals surface area (Å²) in [7, 11) is 0. The van der Waals surface area contributed by atoms with Crippen LogP contribution >= 0.6 is 0 Å². The molecular weight excluding hydrogens is 389 g/mol. The lowest BCUT2D eigenvalue weighted by Gasteiger charge is -2.16. The fourth-order valence-corrected chi connectivity index (χ4v) is 4.27. The fourth-order valence-electron chi connectivity index (χ4n) is 4.27. The molecule has 0 atom stereocenters. The summed E-state index contributed by atoms with van der Waals surface area (Å²) in [6.07, 6.45) is 4.40. The molecule has 4 aromatic rings. The summed E-state index contributed by atoms with van der Waals surface area (Å²) < 4.78 is 16.1. The highest BCUT2D eigenvalue weighted by atomic mass is 19.1. The van der Waals surface area contributed by atoms with E-state index in [4.69, 9.17) is 0 Å². The lowest BCUT2D eigenvalue weighted by Crippen LogP contribution is -2.24. The Hall–Kier alpha value is -3.73. The first-order valence-corrected chi connectivity index (χ1v) is 10.3. The van der Waals surface area contributed by atoms with Gasteiger partial charge in [-0.3, -0.25) is 4.79 Å². The number of aromatic nitrogens is 2. The van der Waals surface area contributed by atoms with E-state index in [0.29, 0.717) is 17.8 Å². The molecule has 0 N–H and O–H groups in total. The molecule has 31 heavy (non-hydrogen) atoms. The SMILES string of the molecule is Cc1c(Cc2ccc(-n3cccn3)cc2)cc2c(c1C)CN(c1ccccc1F)C2=O. The zero-order chi connectivity index (χ0) is 21.5. The number of amides is 1. The fraction of sp³-hybridized carbons (Fsp3) is 0.154. The molecule has 5 heteroatoms. The van der Waals surface area contributed by atoms with Gasteiger partial charge in [0.25, 0.3) is 5.91 Å². The van der Waals surface area contributed by atoms with Crippen LogP contribution in [-0.4, -0.2) is 15.7 Å². The zero-order valence-corrected chi connectivity index (χ0v) is 17.5. The van der Waals surface area contributed by atoms with Gasteiger partial charge in [-0.2, -0.15) is 5.10 Å². The van der Waals surface area contributed by atoms with Crippen molar-refractivity contribution in [3.8, 4) is 5.69 Å². The van der Waals surface area contributed by atoms with Crippen LogP contribution in [0.25, 0.3) is 5.69 Å². The number of benzene rings is 3. The molecule has 0 bridgehead atoms. The van der Waals surface area contributed by atoms with E-state index in [2.05, 4.69) is 31.1 Å². The average Bonchev–Trinajstić information content (AvgIpc) is 3.42. The van der Waals surface area contributed by atoms with E-state index < -0.39 is 0 Å². The molecule has 1 amide bonds. The Balaban J connectivity index is 1.46. The van der Waals surface area contributed by atoms with Gasteiger partial charge in [-0.1, -0.05) is 24.3 Å². The number of carbonyl (C=O) groups excluding carboxylic acids is 1. The van der Waals surface area contributed by atoms with Crippen LogP contribution < -0.4 is 4.90 Å². The summed E-state index contributed by atoms with van der Waals surface area (Å²) in [6.45, 7) is 4.55. The van der Waals surface area contributed by atoms with Crippen LogP contribution in [0.4, 0.5) is 10.1 Å². The molecule has 3 aromatic carbocycles. The molecule has 5 rings (SSSR count). The van der Waals surface area contributed by atoms with E-state index in [0.717, 1.165) is 34.4 Å². The number of fused-ring (bicyclic) bond motifs is 1. The molecule has 4 nitrogen and oxygen atoms in total. The van der Waals surface area contributed by atoms with Crippen molar-refractivity contribution >= 4 is 11.6 Å². The van der Waals surface area contributed by atoms with Crippen LogP contribution in [0.2, 0.25) is 0 Å². The Morgan fingerprint density at radius 1 is 1.00 bits per heavy atom. The normalized spacial score (nSPS) is 13.0. The second-order valence-electron chi connectivity index (χ2n) is 7.95. The summed E-state index contributed by atoms with van der Waals surface area (Å²) in [5, 5.41) is 4.26. The summed E-state index contributed by atoms with van der Waals surface area (Å²) in [4.78, 5) is 14.7. The highest BCUT2D eigenvalue weighted by Gasteiger charge is 2.32. The molecule has 1 aromatic heterocycles. The maximum Gasteiger partial charge on any atom is 0.259 e. The Bertz CT molecular complexity index is 1280. The van der Waals surface area contributed by atoms with Gasteiger partial charge in [0, 0.05) is 18.0 Å². The average molecular weight is 411 g/mol. The Labute approximate surface area is 180 Å². The summed E-state index contributed by atoms with van der Waals surface area (Å²) >= 11 is 0. The van der Waals surface area contributed by atoms with Gasteiger partial charge in [-0.15, -0.1) is 0 Å². The van der Waals surface area contributed by atoms with E-state index in [-0.39, 0.29) is 11.7 Å². The van der Waals surface area contributed by atoms with Crippen molar-refractivity contribution < 1.29 is 9.18 Å². The summed E-state index contributed by atoms with van der Waals surface area (Å²) in [5.74, 6) is -0.519. The van der Waals surface area contributed by atoms with Gasteiger partial charge in [-0.25, -0.2) is 9.07 Å². The maximum absolute atomic E-state index is 14.3. The van der Waals surface area contributed by atoms with Crippen LogP contribution in [0.15, 0.2) is 73.1 Å². The standard InChI is InChI=1S/C26H22FN3O/c1-17-18(2)23-16-29(25-7-4-3-6-24(25)27)26(31)22(23)15-20(17)14-19-8-10-21(11-9-19)30-13-5-12-28-30/h3-13,15H,14,16H2,1-2H3. The first kappa shape index (κ1) is 19.2. The quantitative estimate of drug-likeness (QED) is 0.452. The molecule has 0 saturated carbocycles. The summed E-state index contributed by atoms with van der Waals surface area (Å²) in [6, 6.07) is 18.6. The van der Waals surface area contributed by atoms with Gasteiger partial charge in [0.1, 0.15) is 5.82 Å². The zero-order valence-electron chi connectivity index (χ0n) is 17.5. The van der Waals surface area contributed by atoms with Gasteiger partial charge in [0.2, 0.25) is 0 Å². The predicted octanol–water partition coefficient (Wildman–Crippen LogP) is 5.38. The molecule has 154 valence electrons. The molecule has 0 saturated heterocycles. The maximum atomic E-state index is 14.3. The highest BCUT2D eigenvalue weighted by Crippen LogP contribution is 2.34. The number of hydrogen-bond donors (Lipinski definition) is 0. The minimum atomic E-state index is -0.379. The molecule has 1 aliphatic heterocycles.